The minimum absolute atomic E-state index is 0.00801. The zero-order chi connectivity index (χ0) is 15.9. The molecule has 1 N–H and O–H groups in total. The molecule has 114 valence electrons. The highest BCUT2D eigenvalue weighted by atomic mass is 79.9. The summed E-state index contributed by atoms with van der Waals surface area (Å²) in [6.07, 6.45) is 2.82. The third-order valence-corrected chi connectivity index (χ3v) is 3.93. The van der Waals surface area contributed by atoms with E-state index in [1.54, 1.807) is 6.08 Å². The molecule has 2 aromatic rings. The van der Waals surface area contributed by atoms with Crippen molar-refractivity contribution >= 4 is 21.9 Å². The van der Waals surface area contributed by atoms with Crippen LogP contribution in [0.3, 0.4) is 0 Å². The second kappa shape index (κ2) is 7.80. The van der Waals surface area contributed by atoms with Crippen molar-refractivity contribution in [1.82, 2.24) is 0 Å². The molecule has 0 amide bonds. The van der Waals surface area contributed by atoms with E-state index in [2.05, 4.69) is 15.9 Å². The molecule has 4 heteroatoms. The highest BCUT2D eigenvalue weighted by Crippen LogP contribution is 2.29. The first kappa shape index (κ1) is 16.3. The lowest BCUT2D eigenvalue weighted by Crippen LogP contribution is -1.97. The van der Waals surface area contributed by atoms with E-state index < -0.39 is 5.97 Å². The first-order valence-corrected chi connectivity index (χ1v) is 7.73. The Morgan fingerprint density at radius 3 is 2.64 bits per heavy atom. The van der Waals surface area contributed by atoms with Gasteiger partial charge in [-0.3, -0.25) is 0 Å². The van der Waals surface area contributed by atoms with E-state index in [0.717, 1.165) is 27.4 Å². The van der Waals surface area contributed by atoms with Crippen molar-refractivity contribution in [2.24, 2.45) is 0 Å². The number of ether oxygens (including phenoxy) is 1. The molecule has 0 aliphatic heterocycles. The van der Waals surface area contributed by atoms with Gasteiger partial charge in [-0.05, 0) is 23.3 Å². The van der Waals surface area contributed by atoms with Crippen molar-refractivity contribution in [2.45, 2.75) is 19.4 Å². The molecule has 0 aliphatic rings. The quantitative estimate of drug-likeness (QED) is 0.754. The largest absolute Gasteiger partial charge is 0.489 e. The summed E-state index contributed by atoms with van der Waals surface area (Å²) in [4.78, 5) is 10.6. The van der Waals surface area contributed by atoms with Crippen molar-refractivity contribution in [3.63, 3.8) is 0 Å². The summed E-state index contributed by atoms with van der Waals surface area (Å²) in [6, 6.07) is 15.7. The van der Waals surface area contributed by atoms with Gasteiger partial charge in [0.05, 0.1) is 0 Å². The topological polar surface area (TPSA) is 46.5 Å². The summed E-state index contributed by atoms with van der Waals surface area (Å²) >= 11 is 3.52. The number of hydrogen-bond donors (Lipinski definition) is 1. The third kappa shape index (κ3) is 4.74. The molecule has 0 spiro atoms. The van der Waals surface area contributed by atoms with E-state index in [1.165, 1.54) is 0 Å². The van der Waals surface area contributed by atoms with E-state index in [1.807, 2.05) is 55.5 Å². The fourth-order valence-electron chi connectivity index (χ4n) is 2.04. The number of hydrogen-bond acceptors (Lipinski definition) is 2. The normalized spacial score (nSPS) is 12.3. The van der Waals surface area contributed by atoms with E-state index in [-0.39, 0.29) is 5.92 Å². The van der Waals surface area contributed by atoms with E-state index >= 15 is 0 Å². The van der Waals surface area contributed by atoms with Crippen LogP contribution >= 0.6 is 15.9 Å². The zero-order valence-corrected chi connectivity index (χ0v) is 13.8. The molecule has 1 unspecified atom stereocenters. The predicted molar refractivity (Wildman–Crippen MR) is 90.1 cm³/mol. The average molecular weight is 361 g/mol. The number of rotatable bonds is 6. The van der Waals surface area contributed by atoms with Gasteiger partial charge in [-0.1, -0.05) is 65.3 Å². The van der Waals surface area contributed by atoms with Crippen molar-refractivity contribution in [1.29, 1.82) is 0 Å². The second-order valence-electron chi connectivity index (χ2n) is 4.94. The van der Waals surface area contributed by atoms with Crippen molar-refractivity contribution < 1.29 is 14.6 Å². The van der Waals surface area contributed by atoms with Gasteiger partial charge in [-0.15, -0.1) is 0 Å². The predicted octanol–water partition coefficient (Wildman–Crippen LogP) is 4.77. The number of halogens is 1. The maximum atomic E-state index is 10.6. The van der Waals surface area contributed by atoms with Crippen molar-refractivity contribution in [3.8, 4) is 5.75 Å². The average Bonchev–Trinajstić information content (AvgIpc) is 2.51. The molecule has 22 heavy (non-hydrogen) atoms. The first-order valence-electron chi connectivity index (χ1n) is 6.93. The van der Waals surface area contributed by atoms with Crippen LogP contribution in [-0.4, -0.2) is 11.1 Å². The minimum Gasteiger partial charge on any atom is -0.489 e. The SMILES string of the molecule is CC(/C=C/C(=O)O)c1ccc(OCc2ccccc2)cc1Br. The molecule has 2 rings (SSSR count). The Morgan fingerprint density at radius 2 is 2.00 bits per heavy atom. The molecule has 0 radical (unpaired) electrons. The maximum Gasteiger partial charge on any atom is 0.327 e. The standard InChI is InChI=1S/C18H17BrO3/c1-13(7-10-18(20)21)16-9-8-15(11-17(16)19)22-12-14-5-3-2-4-6-14/h2-11,13H,12H2,1H3,(H,20,21)/b10-7+. The van der Waals surface area contributed by atoms with Crippen LogP contribution < -0.4 is 4.74 Å². The Balaban J connectivity index is 2.04. The highest BCUT2D eigenvalue weighted by Gasteiger charge is 2.08. The molecule has 0 saturated carbocycles. The summed E-state index contributed by atoms with van der Waals surface area (Å²) in [5.74, 6) is -0.159. The van der Waals surface area contributed by atoms with Crippen molar-refractivity contribution in [2.75, 3.05) is 0 Å². The van der Waals surface area contributed by atoms with Crippen LogP contribution in [0.15, 0.2) is 65.2 Å². The zero-order valence-electron chi connectivity index (χ0n) is 12.2. The smallest absolute Gasteiger partial charge is 0.327 e. The molecular weight excluding hydrogens is 344 g/mol. The molecule has 0 aliphatic carbocycles. The lowest BCUT2D eigenvalue weighted by molar-refractivity contribution is -0.131. The molecule has 2 aromatic carbocycles. The molecule has 0 heterocycles. The molecule has 1 atom stereocenters. The van der Waals surface area contributed by atoms with E-state index in [0.29, 0.717) is 6.61 Å². The van der Waals surface area contributed by atoms with Gasteiger partial charge < -0.3 is 9.84 Å². The Morgan fingerprint density at radius 1 is 1.27 bits per heavy atom. The van der Waals surface area contributed by atoms with Crippen molar-refractivity contribution in [3.05, 3.63) is 76.3 Å². The van der Waals surface area contributed by atoms with Gasteiger partial charge in [0.15, 0.2) is 0 Å². The van der Waals surface area contributed by atoms with Gasteiger partial charge in [-0.25, -0.2) is 4.79 Å². The first-order chi connectivity index (χ1) is 10.6. The number of carboxylic acids is 1. The van der Waals surface area contributed by atoms with Crippen LogP contribution in [0.5, 0.6) is 5.75 Å². The van der Waals surface area contributed by atoms with Crippen LogP contribution in [0.4, 0.5) is 0 Å². The summed E-state index contributed by atoms with van der Waals surface area (Å²) < 4.78 is 6.67. The number of carboxylic acid groups (broad SMARTS) is 1. The lowest BCUT2D eigenvalue weighted by atomic mass is 10.0. The molecule has 0 bridgehead atoms. The second-order valence-corrected chi connectivity index (χ2v) is 5.80. The van der Waals surface area contributed by atoms with Crippen LogP contribution in [0.25, 0.3) is 0 Å². The maximum absolute atomic E-state index is 10.6. The third-order valence-electron chi connectivity index (χ3n) is 3.24. The summed E-state index contributed by atoms with van der Waals surface area (Å²) in [6.45, 7) is 2.46. The number of carbonyl (C=O) groups is 1. The fourth-order valence-corrected chi connectivity index (χ4v) is 2.76. The van der Waals surface area contributed by atoms with Gasteiger partial charge in [-0.2, -0.15) is 0 Å². The fraction of sp³-hybridized carbons (Fsp3) is 0.167. The number of benzene rings is 2. The van der Waals surface area contributed by atoms with Crippen LogP contribution in [0.1, 0.15) is 24.0 Å². The Hall–Kier alpha value is -2.07. The molecule has 0 fully saturated rings. The van der Waals surface area contributed by atoms with Crippen LogP contribution in [0.2, 0.25) is 0 Å². The summed E-state index contributed by atoms with van der Waals surface area (Å²) in [5, 5.41) is 8.68. The summed E-state index contributed by atoms with van der Waals surface area (Å²) in [7, 11) is 0. The Bertz CT molecular complexity index is 665. The van der Waals surface area contributed by atoms with Gasteiger partial charge in [0.2, 0.25) is 0 Å². The monoisotopic (exact) mass is 360 g/mol. The molecule has 3 nitrogen and oxygen atoms in total. The van der Waals surface area contributed by atoms with E-state index in [9.17, 15) is 4.79 Å². The molecular formula is C18H17BrO3. The van der Waals surface area contributed by atoms with Crippen LogP contribution in [-0.2, 0) is 11.4 Å². The number of allylic oxidation sites excluding steroid dienone is 1. The lowest BCUT2D eigenvalue weighted by Gasteiger charge is -2.12. The van der Waals surface area contributed by atoms with Gasteiger partial charge in [0, 0.05) is 16.5 Å². The van der Waals surface area contributed by atoms with Crippen LogP contribution in [0, 0.1) is 0 Å². The Kier molecular flexibility index (Phi) is 5.78. The summed E-state index contributed by atoms with van der Waals surface area (Å²) in [5.41, 5.74) is 2.13. The minimum atomic E-state index is -0.939. The molecule has 0 aromatic heterocycles. The van der Waals surface area contributed by atoms with Gasteiger partial charge >= 0.3 is 5.97 Å². The number of aliphatic carboxylic acids is 1. The molecule has 0 saturated heterocycles. The van der Waals surface area contributed by atoms with Gasteiger partial charge in [0.25, 0.3) is 0 Å². The Labute approximate surface area is 138 Å². The highest BCUT2D eigenvalue weighted by molar-refractivity contribution is 9.10. The van der Waals surface area contributed by atoms with Gasteiger partial charge in [0.1, 0.15) is 12.4 Å². The van der Waals surface area contributed by atoms with E-state index in [4.69, 9.17) is 9.84 Å².